The van der Waals surface area contributed by atoms with E-state index in [2.05, 4.69) is 4.98 Å². The van der Waals surface area contributed by atoms with Crippen LogP contribution in [-0.2, 0) is 11.2 Å². The summed E-state index contributed by atoms with van der Waals surface area (Å²) in [5, 5.41) is 10.8. The number of aromatic hydroxyl groups is 1. The zero-order chi connectivity index (χ0) is 19.3. The predicted molar refractivity (Wildman–Crippen MR) is 107 cm³/mol. The van der Waals surface area contributed by atoms with Crippen molar-refractivity contribution < 1.29 is 14.6 Å². The Hall–Kier alpha value is -3.18. The molecule has 2 aromatic carbocycles. The van der Waals surface area contributed by atoms with Crippen LogP contribution < -0.4 is 0 Å². The van der Waals surface area contributed by atoms with Crippen LogP contribution in [0.3, 0.4) is 0 Å². The summed E-state index contributed by atoms with van der Waals surface area (Å²) in [5.41, 5.74) is 3.79. The van der Waals surface area contributed by atoms with Gasteiger partial charge in [0.05, 0.1) is 18.9 Å². The van der Waals surface area contributed by atoms with Gasteiger partial charge in [0, 0.05) is 36.8 Å². The Bertz CT molecular complexity index is 967. The van der Waals surface area contributed by atoms with Crippen LogP contribution in [-0.4, -0.2) is 47.2 Å². The van der Waals surface area contributed by atoms with Gasteiger partial charge in [-0.1, -0.05) is 42.5 Å². The van der Waals surface area contributed by atoms with Crippen molar-refractivity contribution in [1.29, 1.82) is 0 Å². The van der Waals surface area contributed by atoms with E-state index in [4.69, 9.17) is 4.74 Å². The van der Waals surface area contributed by atoms with Crippen molar-refractivity contribution in [1.82, 2.24) is 9.88 Å². The van der Waals surface area contributed by atoms with Crippen LogP contribution in [0.1, 0.15) is 21.6 Å². The molecule has 1 amide bonds. The Morgan fingerprint density at radius 2 is 1.82 bits per heavy atom. The third-order valence-electron chi connectivity index (χ3n) is 4.93. The van der Waals surface area contributed by atoms with Crippen LogP contribution in [0.5, 0.6) is 5.75 Å². The van der Waals surface area contributed by atoms with Crippen molar-refractivity contribution in [3.8, 4) is 16.9 Å². The molecule has 28 heavy (non-hydrogen) atoms. The number of carbonyl (C=O) groups excluding carboxylic acids is 1. The predicted octanol–water partition coefficient (Wildman–Crippen LogP) is 3.52. The van der Waals surface area contributed by atoms with Gasteiger partial charge < -0.3 is 14.7 Å². The Labute approximate surface area is 164 Å². The van der Waals surface area contributed by atoms with Crippen molar-refractivity contribution in [2.75, 3.05) is 26.3 Å². The number of carbonyl (C=O) groups is 1. The molecule has 4 rings (SSSR count). The molecule has 3 aromatic rings. The molecule has 0 unspecified atom stereocenters. The average molecular weight is 374 g/mol. The average Bonchev–Trinajstić information content (AvgIpc) is 2.76. The smallest absolute Gasteiger partial charge is 0.254 e. The number of aromatic nitrogens is 1. The molecule has 5 nitrogen and oxygen atoms in total. The maximum absolute atomic E-state index is 12.8. The summed E-state index contributed by atoms with van der Waals surface area (Å²) in [4.78, 5) is 18.9. The van der Waals surface area contributed by atoms with Gasteiger partial charge in [-0.25, -0.2) is 0 Å². The summed E-state index contributed by atoms with van der Waals surface area (Å²) >= 11 is 0. The number of pyridine rings is 1. The van der Waals surface area contributed by atoms with E-state index >= 15 is 0 Å². The Morgan fingerprint density at radius 3 is 2.61 bits per heavy atom. The minimum Gasteiger partial charge on any atom is -0.505 e. The number of amides is 1. The highest BCUT2D eigenvalue weighted by Gasteiger charge is 2.19. The lowest BCUT2D eigenvalue weighted by Crippen LogP contribution is -2.40. The van der Waals surface area contributed by atoms with Gasteiger partial charge in [0.25, 0.3) is 5.91 Å². The minimum absolute atomic E-state index is 0.0109. The quantitative estimate of drug-likeness (QED) is 0.759. The summed E-state index contributed by atoms with van der Waals surface area (Å²) in [6.07, 6.45) is 2.25. The molecule has 0 bridgehead atoms. The van der Waals surface area contributed by atoms with E-state index in [0.29, 0.717) is 49.5 Å². The molecule has 1 fully saturated rings. The van der Waals surface area contributed by atoms with Gasteiger partial charge in [-0.05, 0) is 29.3 Å². The van der Waals surface area contributed by atoms with Gasteiger partial charge in [-0.15, -0.1) is 0 Å². The lowest BCUT2D eigenvalue weighted by Gasteiger charge is -2.27. The normalized spacial score (nSPS) is 14.1. The maximum Gasteiger partial charge on any atom is 0.254 e. The molecule has 0 aliphatic carbocycles. The van der Waals surface area contributed by atoms with Gasteiger partial charge in [0.15, 0.2) is 0 Å². The first kappa shape index (κ1) is 18.2. The molecule has 5 heteroatoms. The lowest BCUT2D eigenvalue weighted by molar-refractivity contribution is 0.0303. The molecule has 142 valence electrons. The number of benzene rings is 2. The molecule has 0 saturated carbocycles. The second kappa shape index (κ2) is 8.23. The van der Waals surface area contributed by atoms with Crippen LogP contribution >= 0.6 is 0 Å². The Kier molecular flexibility index (Phi) is 5.35. The Morgan fingerprint density at radius 1 is 1.04 bits per heavy atom. The van der Waals surface area contributed by atoms with E-state index in [1.54, 1.807) is 17.2 Å². The van der Waals surface area contributed by atoms with E-state index in [1.165, 1.54) is 0 Å². The fraction of sp³-hybridized carbons (Fsp3) is 0.217. The molecule has 0 spiro atoms. The molecule has 1 N–H and O–H groups in total. The molecular formula is C23H22N2O3. The summed E-state index contributed by atoms with van der Waals surface area (Å²) in [7, 11) is 0. The number of rotatable bonds is 4. The zero-order valence-electron chi connectivity index (χ0n) is 15.5. The van der Waals surface area contributed by atoms with Crippen LogP contribution in [0.25, 0.3) is 11.1 Å². The summed E-state index contributed by atoms with van der Waals surface area (Å²) in [5.74, 6) is 0.144. The number of nitrogens with zero attached hydrogens (tertiary/aromatic N) is 2. The first-order valence-corrected chi connectivity index (χ1v) is 9.40. The first-order valence-electron chi connectivity index (χ1n) is 9.40. The molecule has 2 heterocycles. The van der Waals surface area contributed by atoms with E-state index < -0.39 is 0 Å². The van der Waals surface area contributed by atoms with Crippen molar-refractivity contribution in [2.45, 2.75) is 6.42 Å². The fourth-order valence-corrected chi connectivity index (χ4v) is 3.42. The van der Waals surface area contributed by atoms with Crippen molar-refractivity contribution in [3.63, 3.8) is 0 Å². The van der Waals surface area contributed by atoms with Crippen LogP contribution in [0.4, 0.5) is 0 Å². The second-order valence-corrected chi connectivity index (χ2v) is 6.80. The highest BCUT2D eigenvalue weighted by atomic mass is 16.5. The highest BCUT2D eigenvalue weighted by Crippen LogP contribution is 2.32. The largest absolute Gasteiger partial charge is 0.505 e. The minimum atomic E-state index is -0.0109. The summed E-state index contributed by atoms with van der Waals surface area (Å²) < 4.78 is 5.32. The van der Waals surface area contributed by atoms with Crippen LogP contribution in [0.2, 0.25) is 0 Å². The number of hydrogen-bond acceptors (Lipinski definition) is 4. The van der Waals surface area contributed by atoms with Gasteiger partial charge in [-0.3, -0.25) is 9.78 Å². The second-order valence-electron chi connectivity index (χ2n) is 6.80. The van der Waals surface area contributed by atoms with Gasteiger partial charge in [0.2, 0.25) is 0 Å². The molecule has 1 aromatic heterocycles. The highest BCUT2D eigenvalue weighted by molar-refractivity contribution is 5.95. The molecule has 1 aliphatic rings. The third-order valence-corrected chi connectivity index (χ3v) is 4.93. The monoisotopic (exact) mass is 374 g/mol. The molecule has 1 aliphatic heterocycles. The van der Waals surface area contributed by atoms with Gasteiger partial charge in [0.1, 0.15) is 5.75 Å². The van der Waals surface area contributed by atoms with Crippen LogP contribution in [0.15, 0.2) is 66.9 Å². The zero-order valence-corrected chi connectivity index (χ0v) is 15.5. The maximum atomic E-state index is 12.8. The Balaban J connectivity index is 1.62. The topological polar surface area (TPSA) is 62.7 Å². The van der Waals surface area contributed by atoms with Crippen LogP contribution in [0, 0.1) is 0 Å². The lowest BCUT2D eigenvalue weighted by atomic mass is 10.00. The van der Waals surface area contributed by atoms with E-state index in [1.807, 2.05) is 54.6 Å². The summed E-state index contributed by atoms with van der Waals surface area (Å²) in [6.45, 7) is 2.34. The molecule has 0 atom stereocenters. The fourth-order valence-electron chi connectivity index (χ4n) is 3.42. The summed E-state index contributed by atoms with van der Waals surface area (Å²) in [6, 6.07) is 19.1. The third kappa shape index (κ3) is 3.89. The number of ether oxygens (including phenoxy) is 1. The van der Waals surface area contributed by atoms with E-state index in [-0.39, 0.29) is 11.7 Å². The molecule has 0 radical (unpaired) electrons. The van der Waals surface area contributed by atoms with Gasteiger partial charge in [-0.2, -0.15) is 0 Å². The van der Waals surface area contributed by atoms with Gasteiger partial charge >= 0.3 is 0 Å². The van der Waals surface area contributed by atoms with Crippen molar-refractivity contribution in [2.24, 2.45) is 0 Å². The van der Waals surface area contributed by atoms with E-state index in [9.17, 15) is 9.90 Å². The van der Waals surface area contributed by atoms with Crippen molar-refractivity contribution >= 4 is 5.91 Å². The van der Waals surface area contributed by atoms with E-state index in [0.717, 1.165) is 11.1 Å². The molecular weight excluding hydrogens is 352 g/mol. The van der Waals surface area contributed by atoms with Crippen molar-refractivity contribution in [3.05, 3.63) is 83.7 Å². The molecule has 1 saturated heterocycles. The standard InChI is InChI=1S/C23H22N2O3/c26-22-20(9-10-24-21(22)15-17-5-2-1-3-6-17)18-7-4-8-19(16-18)23(27)25-11-13-28-14-12-25/h1-10,16,26H,11-15H2. The number of hydrogen-bond donors (Lipinski definition) is 1. The SMILES string of the molecule is O=C(c1cccc(-c2ccnc(Cc3ccccc3)c2O)c1)N1CCOCC1. The number of morpholine rings is 1. The first-order chi connectivity index (χ1) is 13.7.